The molecule has 8 heteroatoms. The van der Waals surface area contributed by atoms with Gasteiger partial charge >= 0.3 is 0 Å². The molecule has 3 atom stereocenters. The predicted octanol–water partition coefficient (Wildman–Crippen LogP) is 1.71. The van der Waals surface area contributed by atoms with Crippen molar-refractivity contribution >= 4 is 11.6 Å². The van der Waals surface area contributed by atoms with E-state index in [1.807, 2.05) is 9.96 Å². The molecule has 3 fully saturated rings. The highest BCUT2D eigenvalue weighted by Gasteiger charge is 2.50. The van der Waals surface area contributed by atoms with Gasteiger partial charge in [0.2, 0.25) is 0 Å². The Hall–Kier alpha value is -2.03. The number of benzene rings is 1. The molecule has 3 aliphatic heterocycles. The Morgan fingerprint density at radius 2 is 1.85 bits per heavy atom. The molecule has 0 spiro atoms. The van der Waals surface area contributed by atoms with Gasteiger partial charge in [-0.3, -0.25) is 19.7 Å². The second-order valence-electron chi connectivity index (χ2n) is 7.07. The molecular weight excluding hydrogens is 338 g/mol. The molecule has 0 radical (unpaired) electrons. The number of amides is 1. The van der Waals surface area contributed by atoms with Crippen molar-refractivity contribution in [3.05, 3.63) is 39.9 Å². The van der Waals surface area contributed by atoms with Gasteiger partial charge in [-0.15, -0.1) is 0 Å². The quantitative estimate of drug-likeness (QED) is 0.602. The number of rotatable bonds is 3. The largest absolute Gasteiger partial charge is 0.378 e. The van der Waals surface area contributed by atoms with Crippen LogP contribution in [0.2, 0.25) is 0 Å². The van der Waals surface area contributed by atoms with Crippen LogP contribution in [0.1, 0.15) is 30.7 Å². The lowest BCUT2D eigenvalue weighted by Crippen LogP contribution is -2.44. The van der Waals surface area contributed by atoms with Crippen molar-refractivity contribution in [1.82, 2.24) is 9.96 Å². The number of hydrogen-bond acceptors (Lipinski definition) is 6. The maximum atomic E-state index is 13.1. The van der Waals surface area contributed by atoms with Crippen LogP contribution in [0.3, 0.4) is 0 Å². The third-order valence-corrected chi connectivity index (χ3v) is 5.50. The van der Waals surface area contributed by atoms with Crippen molar-refractivity contribution in [2.24, 2.45) is 0 Å². The lowest BCUT2D eigenvalue weighted by atomic mass is 9.86. The maximum Gasteiger partial charge on any atom is 0.269 e. The average Bonchev–Trinajstić information content (AvgIpc) is 3.07. The van der Waals surface area contributed by atoms with Crippen LogP contribution >= 0.6 is 0 Å². The number of carbonyl (C=O) groups is 1. The number of nitrogens with zero attached hydrogens (tertiary/aromatic N) is 3. The normalized spacial score (nSPS) is 29.4. The third kappa shape index (κ3) is 3.20. The maximum absolute atomic E-state index is 13.1. The molecule has 0 N–H and O–H groups in total. The first-order chi connectivity index (χ1) is 12.6. The number of piperidine rings is 1. The van der Waals surface area contributed by atoms with Gasteiger partial charge < -0.3 is 9.64 Å². The van der Waals surface area contributed by atoms with Gasteiger partial charge in [0, 0.05) is 37.7 Å². The second kappa shape index (κ2) is 7.30. The number of non-ortho nitro benzene ring substituents is 1. The summed E-state index contributed by atoms with van der Waals surface area (Å²) in [5.41, 5.74) is 0.923. The topological polar surface area (TPSA) is 85.1 Å². The Balaban J connectivity index is 1.62. The van der Waals surface area contributed by atoms with Gasteiger partial charge in [-0.2, -0.15) is 5.06 Å². The Morgan fingerprint density at radius 3 is 2.54 bits per heavy atom. The van der Waals surface area contributed by atoms with Crippen molar-refractivity contribution in [3.8, 4) is 0 Å². The lowest BCUT2D eigenvalue weighted by molar-refractivity contribution is -0.384. The first-order valence-corrected chi connectivity index (χ1v) is 9.19. The molecule has 0 unspecified atom stereocenters. The number of morpholine rings is 1. The molecule has 1 amide bonds. The fraction of sp³-hybridized carbons (Fsp3) is 0.611. The third-order valence-electron chi connectivity index (χ3n) is 5.50. The van der Waals surface area contributed by atoms with Crippen LogP contribution < -0.4 is 0 Å². The first kappa shape index (κ1) is 17.4. The van der Waals surface area contributed by atoms with E-state index in [1.165, 1.54) is 12.1 Å². The molecular formula is C18H23N3O5. The number of carbonyl (C=O) groups excluding carboxylic acids is 1. The van der Waals surface area contributed by atoms with Gasteiger partial charge in [-0.1, -0.05) is 12.1 Å². The van der Waals surface area contributed by atoms with Crippen LogP contribution in [0, 0.1) is 10.1 Å². The van der Waals surface area contributed by atoms with Crippen molar-refractivity contribution in [1.29, 1.82) is 0 Å². The monoisotopic (exact) mass is 361 g/mol. The average molecular weight is 361 g/mol. The molecule has 0 bridgehead atoms. The van der Waals surface area contributed by atoms with Gasteiger partial charge in [0.1, 0.15) is 0 Å². The van der Waals surface area contributed by atoms with E-state index < -0.39 is 11.0 Å². The summed E-state index contributed by atoms with van der Waals surface area (Å²) in [6.07, 6.45) is 2.61. The van der Waals surface area contributed by atoms with E-state index >= 15 is 0 Å². The molecule has 0 saturated carbocycles. The number of nitro benzene ring substituents is 1. The van der Waals surface area contributed by atoms with E-state index in [0.717, 1.165) is 37.9 Å². The van der Waals surface area contributed by atoms with Crippen LogP contribution in [0.5, 0.6) is 0 Å². The lowest BCUT2D eigenvalue weighted by Gasteiger charge is -2.31. The number of fused-ring (bicyclic) bond motifs is 1. The molecule has 26 heavy (non-hydrogen) atoms. The fourth-order valence-electron chi connectivity index (χ4n) is 4.14. The van der Waals surface area contributed by atoms with Crippen LogP contribution in [0.25, 0.3) is 0 Å². The summed E-state index contributed by atoms with van der Waals surface area (Å²) < 4.78 is 5.62. The van der Waals surface area contributed by atoms with Gasteiger partial charge in [-0.25, -0.2) is 0 Å². The molecule has 1 aromatic carbocycles. The molecule has 3 aliphatic rings. The van der Waals surface area contributed by atoms with Crippen LogP contribution in [-0.4, -0.2) is 65.8 Å². The molecule has 4 rings (SSSR count). The Kier molecular flexibility index (Phi) is 4.88. The zero-order valence-electron chi connectivity index (χ0n) is 14.6. The van der Waals surface area contributed by atoms with Gasteiger partial charge in [-0.05, 0) is 24.8 Å². The summed E-state index contributed by atoms with van der Waals surface area (Å²) in [4.78, 5) is 31.6. The van der Waals surface area contributed by atoms with Crippen molar-refractivity contribution < 1.29 is 19.3 Å². The van der Waals surface area contributed by atoms with Gasteiger partial charge in [0.05, 0.1) is 24.2 Å². The molecule has 140 valence electrons. The second-order valence-corrected chi connectivity index (χ2v) is 7.07. The van der Waals surface area contributed by atoms with E-state index in [-0.39, 0.29) is 23.6 Å². The van der Waals surface area contributed by atoms with E-state index in [0.29, 0.717) is 19.8 Å². The summed E-state index contributed by atoms with van der Waals surface area (Å²) in [5, 5.41) is 12.8. The first-order valence-electron chi connectivity index (χ1n) is 9.19. The standard InChI is InChI=1S/C18H23N3O5/c22-18(19-8-2-1-3-9-19)17-16(15-12-25-11-10-20(15)26-17)13-4-6-14(7-5-13)21(23)24/h4-7,15-17H,1-3,8-12H2/t15-,16-,17-/m1/s1. The molecule has 8 nitrogen and oxygen atoms in total. The van der Waals surface area contributed by atoms with Crippen molar-refractivity contribution in [2.75, 3.05) is 32.8 Å². The Labute approximate surface area is 151 Å². The van der Waals surface area contributed by atoms with E-state index in [2.05, 4.69) is 0 Å². The predicted molar refractivity (Wildman–Crippen MR) is 92.5 cm³/mol. The SMILES string of the molecule is O=C([C@@H]1ON2CCOC[C@@H]2[C@H]1c1ccc([N+](=O)[O-])cc1)N1CCCCC1. The summed E-state index contributed by atoms with van der Waals surface area (Å²) in [6, 6.07) is 6.40. The highest BCUT2D eigenvalue weighted by molar-refractivity contribution is 5.82. The highest BCUT2D eigenvalue weighted by Crippen LogP contribution is 2.39. The smallest absolute Gasteiger partial charge is 0.269 e. The van der Waals surface area contributed by atoms with E-state index in [1.54, 1.807) is 12.1 Å². The fourth-order valence-corrected chi connectivity index (χ4v) is 4.14. The van der Waals surface area contributed by atoms with Crippen LogP contribution in [-0.2, 0) is 14.4 Å². The highest BCUT2D eigenvalue weighted by atomic mass is 16.7. The Bertz CT molecular complexity index is 674. The molecule has 3 heterocycles. The van der Waals surface area contributed by atoms with Crippen molar-refractivity contribution in [3.63, 3.8) is 0 Å². The van der Waals surface area contributed by atoms with E-state index in [9.17, 15) is 14.9 Å². The number of ether oxygens (including phenoxy) is 1. The molecule has 3 saturated heterocycles. The zero-order chi connectivity index (χ0) is 18.1. The number of nitro groups is 1. The summed E-state index contributed by atoms with van der Waals surface area (Å²) in [5.74, 6) is -0.173. The minimum absolute atomic E-state index is 0.0162. The van der Waals surface area contributed by atoms with Crippen molar-refractivity contribution in [2.45, 2.75) is 37.3 Å². The number of hydroxylamine groups is 2. The zero-order valence-corrected chi connectivity index (χ0v) is 14.6. The van der Waals surface area contributed by atoms with Crippen LogP contribution in [0.4, 0.5) is 5.69 Å². The molecule has 0 aromatic heterocycles. The van der Waals surface area contributed by atoms with Gasteiger partial charge in [0.25, 0.3) is 11.6 Å². The van der Waals surface area contributed by atoms with Gasteiger partial charge in [0.15, 0.2) is 6.10 Å². The molecule has 0 aliphatic carbocycles. The van der Waals surface area contributed by atoms with E-state index in [4.69, 9.17) is 9.57 Å². The summed E-state index contributed by atoms with van der Waals surface area (Å²) >= 11 is 0. The minimum Gasteiger partial charge on any atom is -0.378 e. The molecule has 1 aromatic rings. The van der Waals surface area contributed by atoms with Crippen LogP contribution in [0.15, 0.2) is 24.3 Å². The number of hydrogen-bond donors (Lipinski definition) is 0. The summed E-state index contributed by atoms with van der Waals surface area (Å²) in [7, 11) is 0. The Morgan fingerprint density at radius 1 is 1.12 bits per heavy atom. The number of likely N-dealkylation sites (tertiary alicyclic amines) is 1. The summed E-state index contributed by atoms with van der Waals surface area (Å²) in [6.45, 7) is 3.23. The minimum atomic E-state index is -0.596.